The maximum atomic E-state index is 13.0. The predicted molar refractivity (Wildman–Crippen MR) is 130 cm³/mol. The number of hydrogen-bond acceptors (Lipinski definition) is 3. The zero-order valence-electron chi connectivity index (χ0n) is 15.3. The molecular formula is C22H17IN2OS2. The van der Waals surface area contributed by atoms with Crippen molar-refractivity contribution in [1.29, 1.82) is 0 Å². The second-order valence-electron chi connectivity index (χ2n) is 6.49. The fourth-order valence-corrected chi connectivity index (χ4v) is 4.98. The van der Waals surface area contributed by atoms with E-state index in [1.165, 1.54) is 15.3 Å². The quantitative estimate of drug-likeness (QED) is 0.239. The van der Waals surface area contributed by atoms with Crippen molar-refractivity contribution in [2.75, 3.05) is 4.90 Å². The third kappa shape index (κ3) is 3.56. The molecule has 3 aromatic rings. The highest BCUT2D eigenvalue weighted by Gasteiger charge is 2.33. The van der Waals surface area contributed by atoms with Gasteiger partial charge in [0.25, 0.3) is 5.91 Å². The molecule has 28 heavy (non-hydrogen) atoms. The van der Waals surface area contributed by atoms with Gasteiger partial charge >= 0.3 is 0 Å². The standard InChI is InChI=1S/C22H17IN2OS2/c1-14-12-16(15(2)24(14)19-10-8-17(23)9-11-19)13-20-21(26)25(22(27)28-20)18-6-4-3-5-7-18/h3-13H,1-2H3/b20-13-. The minimum absolute atomic E-state index is 0.0692. The molecule has 0 radical (unpaired) electrons. The van der Waals surface area contributed by atoms with Gasteiger partial charge in [-0.3, -0.25) is 9.69 Å². The lowest BCUT2D eigenvalue weighted by atomic mass is 10.2. The molecule has 1 saturated heterocycles. The molecule has 6 heteroatoms. The second kappa shape index (κ2) is 7.85. The number of carbonyl (C=O) groups excluding carboxylic acids is 1. The number of nitrogens with zero attached hydrogens (tertiary/aromatic N) is 2. The largest absolute Gasteiger partial charge is 0.318 e. The average molecular weight is 516 g/mol. The Morgan fingerprint density at radius 1 is 1.00 bits per heavy atom. The molecule has 1 aliphatic rings. The molecule has 1 fully saturated rings. The summed E-state index contributed by atoms with van der Waals surface area (Å²) in [6, 6.07) is 20.1. The molecule has 2 aromatic carbocycles. The molecule has 3 nitrogen and oxygen atoms in total. The van der Waals surface area contributed by atoms with Crippen molar-refractivity contribution in [2.24, 2.45) is 0 Å². The summed E-state index contributed by atoms with van der Waals surface area (Å²) >= 11 is 9.12. The van der Waals surface area contributed by atoms with E-state index in [1.807, 2.05) is 36.4 Å². The Morgan fingerprint density at radius 2 is 1.68 bits per heavy atom. The molecule has 1 aliphatic heterocycles. The molecule has 0 spiro atoms. The van der Waals surface area contributed by atoms with Crippen molar-refractivity contribution in [3.05, 3.63) is 86.1 Å². The van der Waals surface area contributed by atoms with Crippen molar-refractivity contribution in [1.82, 2.24) is 4.57 Å². The summed E-state index contributed by atoms with van der Waals surface area (Å²) in [5.41, 5.74) is 5.18. The molecule has 0 N–H and O–H groups in total. The minimum atomic E-state index is -0.0692. The SMILES string of the molecule is Cc1cc(/C=C2\SC(=S)N(c3ccccc3)C2=O)c(C)n1-c1ccc(I)cc1. The molecule has 0 saturated carbocycles. The van der Waals surface area contributed by atoms with Crippen LogP contribution in [-0.4, -0.2) is 14.8 Å². The molecule has 1 amide bonds. The highest BCUT2D eigenvalue weighted by Crippen LogP contribution is 2.36. The Hall–Kier alpha value is -1.90. The van der Waals surface area contributed by atoms with Crippen molar-refractivity contribution >= 4 is 68.6 Å². The highest BCUT2D eigenvalue weighted by atomic mass is 127. The first-order valence-corrected chi connectivity index (χ1v) is 11.0. The van der Waals surface area contributed by atoms with Gasteiger partial charge in [-0.05, 0) is 90.5 Å². The molecule has 0 bridgehead atoms. The van der Waals surface area contributed by atoms with Gasteiger partial charge in [-0.1, -0.05) is 42.2 Å². The van der Waals surface area contributed by atoms with Crippen molar-refractivity contribution in [2.45, 2.75) is 13.8 Å². The third-order valence-electron chi connectivity index (χ3n) is 4.65. The second-order valence-corrected chi connectivity index (χ2v) is 9.41. The first-order chi connectivity index (χ1) is 13.5. The van der Waals surface area contributed by atoms with Gasteiger partial charge in [-0.15, -0.1) is 0 Å². The van der Waals surface area contributed by atoms with Crippen LogP contribution in [0.15, 0.2) is 65.6 Å². The van der Waals surface area contributed by atoms with Gasteiger partial charge < -0.3 is 4.57 Å². The first kappa shape index (κ1) is 19.4. The van der Waals surface area contributed by atoms with Crippen LogP contribution in [0.3, 0.4) is 0 Å². The third-order valence-corrected chi connectivity index (χ3v) is 6.67. The number of hydrogen-bond donors (Lipinski definition) is 0. The van der Waals surface area contributed by atoms with Crippen LogP contribution in [0.4, 0.5) is 5.69 Å². The Kier molecular flexibility index (Phi) is 5.44. The lowest BCUT2D eigenvalue weighted by molar-refractivity contribution is -0.113. The maximum Gasteiger partial charge on any atom is 0.270 e. The Bertz CT molecular complexity index is 1100. The molecule has 4 rings (SSSR count). The number of thioether (sulfide) groups is 1. The molecule has 1 aromatic heterocycles. The maximum absolute atomic E-state index is 13.0. The molecule has 2 heterocycles. The zero-order chi connectivity index (χ0) is 19.8. The lowest BCUT2D eigenvalue weighted by Crippen LogP contribution is -2.27. The molecule has 0 atom stereocenters. The van der Waals surface area contributed by atoms with E-state index in [2.05, 4.69) is 71.3 Å². The molecule has 0 aliphatic carbocycles. The van der Waals surface area contributed by atoms with Gasteiger partial charge in [0.2, 0.25) is 0 Å². The summed E-state index contributed by atoms with van der Waals surface area (Å²) in [5, 5.41) is 0. The van der Waals surface area contributed by atoms with Crippen LogP contribution in [0.25, 0.3) is 11.8 Å². The number of carbonyl (C=O) groups is 1. The summed E-state index contributed by atoms with van der Waals surface area (Å²) in [6.45, 7) is 4.16. The first-order valence-electron chi connectivity index (χ1n) is 8.73. The van der Waals surface area contributed by atoms with Crippen molar-refractivity contribution in [3.63, 3.8) is 0 Å². The van der Waals surface area contributed by atoms with E-state index in [-0.39, 0.29) is 5.91 Å². The van der Waals surface area contributed by atoms with E-state index < -0.39 is 0 Å². The summed E-state index contributed by atoms with van der Waals surface area (Å²) in [7, 11) is 0. The number of halogens is 1. The van der Waals surface area contributed by atoms with E-state index in [9.17, 15) is 4.79 Å². The topological polar surface area (TPSA) is 25.2 Å². The van der Waals surface area contributed by atoms with Crippen LogP contribution in [0, 0.1) is 17.4 Å². The number of rotatable bonds is 3. The predicted octanol–water partition coefficient (Wildman–Crippen LogP) is 6.10. The lowest BCUT2D eigenvalue weighted by Gasteiger charge is -2.13. The van der Waals surface area contributed by atoms with Gasteiger partial charge in [0, 0.05) is 20.6 Å². The Balaban J connectivity index is 1.70. The number of amides is 1. The van der Waals surface area contributed by atoms with E-state index >= 15 is 0 Å². The number of para-hydroxylation sites is 1. The normalized spacial score (nSPS) is 15.7. The number of aryl methyl sites for hydroxylation is 1. The van der Waals surface area contributed by atoms with Crippen LogP contribution in [-0.2, 0) is 4.79 Å². The van der Waals surface area contributed by atoms with Gasteiger partial charge in [0.15, 0.2) is 4.32 Å². The minimum Gasteiger partial charge on any atom is -0.318 e. The number of benzene rings is 2. The van der Waals surface area contributed by atoms with Crippen LogP contribution < -0.4 is 4.90 Å². The van der Waals surface area contributed by atoms with Crippen LogP contribution in [0.2, 0.25) is 0 Å². The van der Waals surface area contributed by atoms with Gasteiger partial charge in [0.05, 0.1) is 10.6 Å². The van der Waals surface area contributed by atoms with Crippen LogP contribution >= 0.6 is 46.6 Å². The summed E-state index contributed by atoms with van der Waals surface area (Å²) in [5.74, 6) is -0.0692. The van der Waals surface area contributed by atoms with E-state index in [4.69, 9.17) is 12.2 Å². The average Bonchev–Trinajstić information content (AvgIpc) is 3.12. The fourth-order valence-electron chi connectivity index (χ4n) is 3.33. The fraction of sp³-hybridized carbons (Fsp3) is 0.0909. The molecular weight excluding hydrogens is 499 g/mol. The summed E-state index contributed by atoms with van der Waals surface area (Å²) in [6.07, 6.45) is 1.95. The Morgan fingerprint density at radius 3 is 2.36 bits per heavy atom. The summed E-state index contributed by atoms with van der Waals surface area (Å²) < 4.78 is 3.97. The van der Waals surface area contributed by atoms with Crippen LogP contribution in [0.5, 0.6) is 0 Å². The highest BCUT2D eigenvalue weighted by molar-refractivity contribution is 14.1. The smallest absolute Gasteiger partial charge is 0.270 e. The summed E-state index contributed by atoms with van der Waals surface area (Å²) in [4.78, 5) is 15.2. The van der Waals surface area contributed by atoms with Gasteiger partial charge in [-0.25, -0.2) is 0 Å². The Labute approximate surface area is 187 Å². The monoisotopic (exact) mass is 516 g/mol. The molecule has 140 valence electrons. The van der Waals surface area contributed by atoms with Gasteiger partial charge in [-0.2, -0.15) is 0 Å². The van der Waals surface area contributed by atoms with E-state index in [0.29, 0.717) is 9.23 Å². The van der Waals surface area contributed by atoms with Crippen molar-refractivity contribution < 1.29 is 4.79 Å². The van der Waals surface area contributed by atoms with Crippen LogP contribution in [0.1, 0.15) is 17.0 Å². The molecule has 0 unspecified atom stereocenters. The number of thiocarbonyl (C=S) groups is 1. The van der Waals surface area contributed by atoms with E-state index in [1.54, 1.807) is 4.90 Å². The van der Waals surface area contributed by atoms with E-state index in [0.717, 1.165) is 28.3 Å². The number of aromatic nitrogens is 1. The van der Waals surface area contributed by atoms with Crippen molar-refractivity contribution in [3.8, 4) is 5.69 Å². The number of anilines is 1. The van der Waals surface area contributed by atoms with Gasteiger partial charge in [0.1, 0.15) is 0 Å². The zero-order valence-corrected chi connectivity index (χ0v) is 19.1.